The SMILES string of the molecule is CC(C)(C)OC(=O)NNC(=O)c1cc2c(F)cncc2s1. The van der Waals surface area contributed by atoms with Crippen LogP contribution in [0.15, 0.2) is 18.5 Å². The average molecular weight is 311 g/mol. The van der Waals surface area contributed by atoms with Crippen LogP contribution in [0, 0.1) is 5.82 Å². The molecule has 0 aliphatic heterocycles. The third kappa shape index (κ3) is 3.88. The molecule has 2 rings (SSSR count). The van der Waals surface area contributed by atoms with E-state index < -0.39 is 23.4 Å². The number of nitrogens with zero attached hydrogens (tertiary/aromatic N) is 1. The maximum Gasteiger partial charge on any atom is 0.426 e. The van der Waals surface area contributed by atoms with Crippen LogP contribution in [0.1, 0.15) is 30.4 Å². The maximum absolute atomic E-state index is 13.5. The first kappa shape index (κ1) is 15.2. The number of hydrogen-bond donors (Lipinski definition) is 2. The number of nitrogens with one attached hydrogen (secondary N) is 2. The van der Waals surface area contributed by atoms with Crippen LogP contribution in [0.2, 0.25) is 0 Å². The Balaban J connectivity index is 2.03. The van der Waals surface area contributed by atoms with Crippen LogP contribution in [0.3, 0.4) is 0 Å². The molecule has 2 amide bonds. The summed E-state index contributed by atoms with van der Waals surface area (Å²) in [4.78, 5) is 27.3. The number of amides is 2. The van der Waals surface area contributed by atoms with Crippen molar-refractivity contribution < 1.29 is 18.7 Å². The van der Waals surface area contributed by atoms with Crippen molar-refractivity contribution in [3.05, 3.63) is 29.2 Å². The Morgan fingerprint density at radius 2 is 2.00 bits per heavy atom. The Morgan fingerprint density at radius 1 is 1.29 bits per heavy atom. The first-order chi connectivity index (χ1) is 9.76. The number of rotatable bonds is 1. The number of pyridine rings is 1. The number of carbonyl (C=O) groups is 2. The molecule has 2 N–H and O–H groups in total. The molecule has 21 heavy (non-hydrogen) atoms. The van der Waals surface area contributed by atoms with E-state index in [0.717, 1.165) is 17.5 Å². The van der Waals surface area contributed by atoms with Gasteiger partial charge in [-0.15, -0.1) is 11.3 Å². The number of halogens is 1. The van der Waals surface area contributed by atoms with Gasteiger partial charge >= 0.3 is 6.09 Å². The first-order valence-corrected chi connectivity index (χ1v) is 6.90. The molecular formula is C13H14FN3O3S. The van der Waals surface area contributed by atoms with Gasteiger partial charge < -0.3 is 4.74 Å². The molecule has 0 aromatic carbocycles. The summed E-state index contributed by atoms with van der Waals surface area (Å²) in [6.07, 6.45) is 1.78. The zero-order valence-electron chi connectivity index (χ0n) is 11.7. The molecule has 2 aromatic rings. The van der Waals surface area contributed by atoms with Crippen molar-refractivity contribution in [2.24, 2.45) is 0 Å². The summed E-state index contributed by atoms with van der Waals surface area (Å²) in [6, 6.07) is 1.41. The van der Waals surface area contributed by atoms with Crippen molar-refractivity contribution >= 4 is 33.4 Å². The van der Waals surface area contributed by atoms with Gasteiger partial charge in [0.1, 0.15) is 11.4 Å². The Kier molecular flexibility index (Phi) is 4.08. The summed E-state index contributed by atoms with van der Waals surface area (Å²) in [6.45, 7) is 5.11. The standard InChI is InChI=1S/C13H14FN3O3S/c1-13(2,3)20-12(19)17-16-11(18)9-4-7-8(14)5-15-6-10(7)21-9/h4-6H,1-3H3,(H,16,18)(H,17,19). The number of thiophene rings is 1. The van der Waals surface area contributed by atoms with Crippen LogP contribution in [-0.2, 0) is 4.74 Å². The van der Waals surface area contributed by atoms with Gasteiger partial charge in [0.2, 0.25) is 0 Å². The number of hydrogen-bond acceptors (Lipinski definition) is 5. The number of carbonyl (C=O) groups excluding carboxylic acids is 2. The first-order valence-electron chi connectivity index (χ1n) is 6.08. The highest BCUT2D eigenvalue weighted by Gasteiger charge is 2.18. The Bertz CT molecular complexity index is 694. The highest BCUT2D eigenvalue weighted by Crippen LogP contribution is 2.26. The minimum atomic E-state index is -0.773. The predicted octanol–water partition coefficient (Wildman–Crippen LogP) is 2.60. The summed E-state index contributed by atoms with van der Waals surface area (Å²) in [7, 11) is 0. The lowest BCUT2D eigenvalue weighted by molar-refractivity contribution is 0.0484. The molecule has 112 valence electrons. The van der Waals surface area contributed by atoms with E-state index in [4.69, 9.17) is 4.74 Å². The van der Waals surface area contributed by atoms with E-state index in [1.165, 1.54) is 12.3 Å². The number of hydrazine groups is 1. The lowest BCUT2D eigenvalue weighted by Gasteiger charge is -2.19. The van der Waals surface area contributed by atoms with Crippen molar-refractivity contribution in [1.82, 2.24) is 15.8 Å². The molecular weight excluding hydrogens is 297 g/mol. The molecule has 0 aliphatic rings. The minimum Gasteiger partial charge on any atom is -0.443 e. The summed E-state index contributed by atoms with van der Waals surface area (Å²) >= 11 is 1.08. The van der Waals surface area contributed by atoms with E-state index in [-0.39, 0.29) is 4.88 Å². The lowest BCUT2D eigenvalue weighted by atomic mass is 10.2. The van der Waals surface area contributed by atoms with Crippen molar-refractivity contribution in [2.45, 2.75) is 26.4 Å². The van der Waals surface area contributed by atoms with Gasteiger partial charge in [-0.1, -0.05) is 0 Å². The maximum atomic E-state index is 13.5. The third-order valence-electron chi connectivity index (χ3n) is 2.30. The normalized spacial score (nSPS) is 11.2. The topological polar surface area (TPSA) is 80.3 Å². The van der Waals surface area contributed by atoms with Gasteiger partial charge in [0.05, 0.1) is 15.8 Å². The fourth-order valence-electron chi connectivity index (χ4n) is 1.51. The number of aromatic nitrogens is 1. The van der Waals surface area contributed by atoms with Gasteiger partial charge in [-0.3, -0.25) is 15.2 Å². The minimum absolute atomic E-state index is 0.257. The third-order valence-corrected chi connectivity index (χ3v) is 3.37. The summed E-state index contributed by atoms with van der Waals surface area (Å²) in [5.41, 5.74) is 3.67. The Hall–Kier alpha value is -2.22. The monoisotopic (exact) mass is 311 g/mol. The second kappa shape index (κ2) is 5.65. The van der Waals surface area contributed by atoms with Crippen molar-refractivity contribution in [1.29, 1.82) is 0 Å². The molecule has 0 atom stereocenters. The van der Waals surface area contributed by atoms with Crippen LogP contribution < -0.4 is 10.9 Å². The molecule has 0 fully saturated rings. The average Bonchev–Trinajstić information content (AvgIpc) is 2.79. The van der Waals surface area contributed by atoms with Crippen LogP contribution in [-0.4, -0.2) is 22.6 Å². The molecule has 6 nitrogen and oxygen atoms in total. The molecule has 0 aliphatic carbocycles. The molecule has 0 spiro atoms. The largest absolute Gasteiger partial charge is 0.443 e. The van der Waals surface area contributed by atoms with E-state index in [0.29, 0.717) is 10.1 Å². The predicted molar refractivity (Wildman–Crippen MR) is 76.4 cm³/mol. The lowest BCUT2D eigenvalue weighted by Crippen LogP contribution is -2.44. The molecule has 8 heteroatoms. The Morgan fingerprint density at radius 3 is 2.62 bits per heavy atom. The van der Waals surface area contributed by atoms with Crippen molar-refractivity contribution in [3.8, 4) is 0 Å². The molecule has 0 radical (unpaired) electrons. The van der Waals surface area contributed by atoms with Crippen LogP contribution in [0.4, 0.5) is 9.18 Å². The molecule has 2 aromatic heterocycles. The van der Waals surface area contributed by atoms with Gasteiger partial charge in [-0.2, -0.15) is 0 Å². The van der Waals surface area contributed by atoms with Gasteiger partial charge in [-0.25, -0.2) is 14.6 Å². The summed E-state index contributed by atoms with van der Waals surface area (Å²) in [5.74, 6) is -1.05. The van der Waals surface area contributed by atoms with Crippen molar-refractivity contribution in [3.63, 3.8) is 0 Å². The number of fused-ring (bicyclic) bond motifs is 1. The fourth-order valence-corrected chi connectivity index (χ4v) is 2.45. The van der Waals surface area contributed by atoms with Gasteiger partial charge in [0, 0.05) is 11.6 Å². The van der Waals surface area contributed by atoms with Crippen LogP contribution >= 0.6 is 11.3 Å². The zero-order valence-corrected chi connectivity index (χ0v) is 12.5. The summed E-state index contributed by atoms with van der Waals surface area (Å²) < 4.78 is 19.0. The molecule has 0 saturated carbocycles. The molecule has 2 heterocycles. The van der Waals surface area contributed by atoms with Crippen LogP contribution in [0.25, 0.3) is 10.1 Å². The van der Waals surface area contributed by atoms with E-state index in [1.807, 2.05) is 0 Å². The quantitative estimate of drug-likeness (QED) is 0.793. The van der Waals surface area contributed by atoms with E-state index in [9.17, 15) is 14.0 Å². The van der Waals surface area contributed by atoms with E-state index >= 15 is 0 Å². The molecule has 0 bridgehead atoms. The van der Waals surface area contributed by atoms with E-state index in [2.05, 4.69) is 15.8 Å². The number of ether oxygens (including phenoxy) is 1. The van der Waals surface area contributed by atoms with Gasteiger partial charge in [0.15, 0.2) is 0 Å². The smallest absolute Gasteiger partial charge is 0.426 e. The second-order valence-corrected chi connectivity index (χ2v) is 6.31. The second-order valence-electron chi connectivity index (χ2n) is 5.22. The van der Waals surface area contributed by atoms with Gasteiger partial charge in [0.25, 0.3) is 5.91 Å². The van der Waals surface area contributed by atoms with Crippen LogP contribution in [0.5, 0.6) is 0 Å². The molecule has 0 unspecified atom stereocenters. The summed E-state index contributed by atoms with van der Waals surface area (Å²) in [5, 5.41) is 0.317. The van der Waals surface area contributed by atoms with E-state index in [1.54, 1.807) is 20.8 Å². The Labute approximate surface area is 124 Å². The highest BCUT2D eigenvalue weighted by molar-refractivity contribution is 7.20. The highest BCUT2D eigenvalue weighted by atomic mass is 32.1. The fraction of sp³-hybridized carbons (Fsp3) is 0.308. The molecule has 0 saturated heterocycles. The zero-order chi connectivity index (χ0) is 15.6. The van der Waals surface area contributed by atoms with Gasteiger partial charge in [-0.05, 0) is 26.8 Å². The van der Waals surface area contributed by atoms with Crippen molar-refractivity contribution in [2.75, 3.05) is 0 Å².